The molecule has 2 nitrogen and oxygen atoms in total. The molecule has 90 valence electrons. The lowest BCUT2D eigenvalue weighted by atomic mass is 10.2. The number of thiophene rings is 1. The van der Waals surface area contributed by atoms with Crippen molar-refractivity contribution in [3.05, 3.63) is 52.2 Å². The summed E-state index contributed by atoms with van der Waals surface area (Å²) in [5.74, 6) is 0.910. The summed E-state index contributed by atoms with van der Waals surface area (Å²) >= 11 is 1.82. The molecule has 1 heterocycles. The first kappa shape index (κ1) is 12.1. The quantitative estimate of drug-likeness (QED) is 0.792. The maximum atomic E-state index is 5.12. The Kier molecular flexibility index (Phi) is 4.59. The second-order valence-corrected chi connectivity index (χ2v) is 4.89. The number of hydrogen-bond donors (Lipinski definition) is 1. The van der Waals surface area contributed by atoms with Gasteiger partial charge in [-0.2, -0.15) is 0 Å². The van der Waals surface area contributed by atoms with Gasteiger partial charge in [0.1, 0.15) is 5.75 Å². The molecule has 1 N–H and O–H groups in total. The second-order valence-electron chi connectivity index (χ2n) is 3.85. The normalized spacial score (nSPS) is 10.4. The highest BCUT2D eigenvalue weighted by Gasteiger charge is 1.95. The average Bonchev–Trinajstić information content (AvgIpc) is 2.88. The van der Waals surface area contributed by atoms with Gasteiger partial charge >= 0.3 is 0 Å². The standard InChI is InChI=1S/C14H17NOS/c1-16-13-6-4-12(5-7-13)11-15-9-8-14-3-2-10-17-14/h2-7,10,15H,8-9,11H2,1H3. The van der Waals surface area contributed by atoms with Crippen LogP contribution in [0.4, 0.5) is 0 Å². The van der Waals surface area contributed by atoms with Crippen molar-refractivity contribution in [2.24, 2.45) is 0 Å². The maximum absolute atomic E-state index is 5.12. The van der Waals surface area contributed by atoms with Crippen LogP contribution in [0, 0.1) is 0 Å². The largest absolute Gasteiger partial charge is 0.497 e. The summed E-state index contributed by atoms with van der Waals surface area (Å²) in [6.45, 7) is 1.93. The van der Waals surface area contributed by atoms with Crippen LogP contribution in [0.1, 0.15) is 10.4 Å². The van der Waals surface area contributed by atoms with Crippen LogP contribution < -0.4 is 10.1 Å². The third kappa shape index (κ3) is 3.88. The maximum Gasteiger partial charge on any atom is 0.118 e. The molecule has 0 saturated heterocycles. The molecule has 0 atom stereocenters. The fourth-order valence-corrected chi connectivity index (χ4v) is 2.35. The Balaban J connectivity index is 1.70. The second kappa shape index (κ2) is 6.42. The topological polar surface area (TPSA) is 21.3 Å². The minimum Gasteiger partial charge on any atom is -0.497 e. The molecule has 0 saturated carbocycles. The zero-order valence-electron chi connectivity index (χ0n) is 9.98. The Morgan fingerprint density at radius 2 is 2.00 bits per heavy atom. The van der Waals surface area contributed by atoms with Gasteiger partial charge in [0.25, 0.3) is 0 Å². The van der Waals surface area contributed by atoms with Crippen LogP contribution in [-0.4, -0.2) is 13.7 Å². The van der Waals surface area contributed by atoms with Gasteiger partial charge in [-0.15, -0.1) is 11.3 Å². The van der Waals surface area contributed by atoms with E-state index in [2.05, 4.69) is 35.0 Å². The Morgan fingerprint density at radius 1 is 1.18 bits per heavy atom. The van der Waals surface area contributed by atoms with Crippen molar-refractivity contribution in [2.75, 3.05) is 13.7 Å². The van der Waals surface area contributed by atoms with Gasteiger partial charge < -0.3 is 10.1 Å². The number of rotatable bonds is 6. The van der Waals surface area contributed by atoms with Crippen LogP contribution in [0.5, 0.6) is 5.75 Å². The molecule has 0 aliphatic rings. The minimum atomic E-state index is 0.910. The van der Waals surface area contributed by atoms with E-state index in [1.54, 1.807) is 7.11 Å². The van der Waals surface area contributed by atoms with Gasteiger partial charge in [0.05, 0.1) is 7.11 Å². The Morgan fingerprint density at radius 3 is 2.65 bits per heavy atom. The molecule has 17 heavy (non-hydrogen) atoms. The molecule has 0 unspecified atom stereocenters. The molecule has 1 aromatic carbocycles. The highest BCUT2D eigenvalue weighted by atomic mass is 32.1. The van der Waals surface area contributed by atoms with E-state index >= 15 is 0 Å². The van der Waals surface area contributed by atoms with E-state index in [0.29, 0.717) is 0 Å². The van der Waals surface area contributed by atoms with Crippen molar-refractivity contribution in [3.8, 4) is 5.75 Å². The third-order valence-electron chi connectivity index (χ3n) is 2.62. The van der Waals surface area contributed by atoms with Gasteiger partial charge in [-0.1, -0.05) is 18.2 Å². The fourth-order valence-electron chi connectivity index (χ4n) is 1.64. The number of methoxy groups -OCH3 is 1. The van der Waals surface area contributed by atoms with Crippen LogP contribution in [0.25, 0.3) is 0 Å². The van der Waals surface area contributed by atoms with E-state index in [1.165, 1.54) is 10.4 Å². The van der Waals surface area contributed by atoms with Gasteiger partial charge in [-0.05, 0) is 35.6 Å². The van der Waals surface area contributed by atoms with Gasteiger partial charge in [-0.25, -0.2) is 0 Å². The molecular weight excluding hydrogens is 230 g/mol. The minimum absolute atomic E-state index is 0.910. The summed E-state index contributed by atoms with van der Waals surface area (Å²) in [6.07, 6.45) is 1.10. The van der Waals surface area contributed by atoms with Crippen molar-refractivity contribution in [1.82, 2.24) is 5.32 Å². The molecule has 3 heteroatoms. The van der Waals surface area contributed by atoms with Crippen LogP contribution in [0.15, 0.2) is 41.8 Å². The summed E-state index contributed by atoms with van der Waals surface area (Å²) < 4.78 is 5.12. The molecule has 0 fully saturated rings. The first-order chi connectivity index (χ1) is 8.38. The number of benzene rings is 1. The highest BCUT2D eigenvalue weighted by Crippen LogP contribution is 2.11. The van der Waals surface area contributed by atoms with Gasteiger partial charge in [-0.3, -0.25) is 0 Å². The average molecular weight is 247 g/mol. The summed E-state index contributed by atoms with van der Waals surface area (Å²) in [5, 5.41) is 5.57. The monoisotopic (exact) mass is 247 g/mol. The lowest BCUT2D eigenvalue weighted by Gasteiger charge is -2.05. The van der Waals surface area contributed by atoms with E-state index in [-0.39, 0.29) is 0 Å². The molecule has 0 aliphatic heterocycles. The van der Waals surface area contributed by atoms with Crippen LogP contribution in [0.2, 0.25) is 0 Å². The zero-order chi connectivity index (χ0) is 11.9. The zero-order valence-corrected chi connectivity index (χ0v) is 10.8. The van der Waals surface area contributed by atoms with E-state index in [1.807, 2.05) is 23.5 Å². The molecule has 2 rings (SSSR count). The lowest BCUT2D eigenvalue weighted by Crippen LogP contribution is -2.16. The first-order valence-corrected chi connectivity index (χ1v) is 6.62. The molecule has 0 amide bonds. The fraction of sp³-hybridized carbons (Fsp3) is 0.286. The van der Waals surface area contributed by atoms with Crippen molar-refractivity contribution < 1.29 is 4.74 Å². The summed E-state index contributed by atoms with van der Waals surface area (Å²) in [7, 11) is 1.69. The Bertz CT molecular complexity index is 422. The molecule has 2 aromatic rings. The van der Waals surface area contributed by atoms with Gasteiger partial charge in [0.15, 0.2) is 0 Å². The summed E-state index contributed by atoms with van der Waals surface area (Å²) in [4.78, 5) is 1.44. The first-order valence-electron chi connectivity index (χ1n) is 5.74. The van der Waals surface area contributed by atoms with E-state index < -0.39 is 0 Å². The molecular formula is C14H17NOS. The third-order valence-corrected chi connectivity index (χ3v) is 3.55. The highest BCUT2D eigenvalue weighted by molar-refractivity contribution is 7.09. The van der Waals surface area contributed by atoms with Crippen molar-refractivity contribution in [3.63, 3.8) is 0 Å². The lowest BCUT2D eigenvalue weighted by molar-refractivity contribution is 0.414. The SMILES string of the molecule is COc1ccc(CNCCc2cccs2)cc1. The molecule has 0 spiro atoms. The van der Waals surface area contributed by atoms with E-state index in [9.17, 15) is 0 Å². The van der Waals surface area contributed by atoms with Crippen LogP contribution >= 0.6 is 11.3 Å². The van der Waals surface area contributed by atoms with Crippen LogP contribution in [-0.2, 0) is 13.0 Å². The van der Waals surface area contributed by atoms with Crippen molar-refractivity contribution in [1.29, 1.82) is 0 Å². The summed E-state index contributed by atoms with van der Waals surface area (Å²) in [6, 6.07) is 12.5. The smallest absolute Gasteiger partial charge is 0.118 e. The van der Waals surface area contributed by atoms with Crippen molar-refractivity contribution in [2.45, 2.75) is 13.0 Å². The van der Waals surface area contributed by atoms with Gasteiger partial charge in [0, 0.05) is 18.0 Å². The Labute approximate surface area is 106 Å². The Hall–Kier alpha value is -1.32. The molecule has 0 bridgehead atoms. The number of hydrogen-bond acceptors (Lipinski definition) is 3. The molecule has 1 aromatic heterocycles. The number of ether oxygens (including phenoxy) is 1. The molecule has 0 radical (unpaired) electrons. The number of nitrogens with one attached hydrogen (secondary N) is 1. The van der Waals surface area contributed by atoms with E-state index in [4.69, 9.17) is 4.74 Å². The van der Waals surface area contributed by atoms with Crippen LogP contribution in [0.3, 0.4) is 0 Å². The predicted molar refractivity (Wildman–Crippen MR) is 72.7 cm³/mol. The predicted octanol–water partition coefficient (Wildman–Crippen LogP) is 3.09. The molecule has 0 aliphatic carbocycles. The summed E-state index contributed by atoms with van der Waals surface area (Å²) in [5.41, 5.74) is 1.29. The van der Waals surface area contributed by atoms with Crippen molar-refractivity contribution >= 4 is 11.3 Å². The van der Waals surface area contributed by atoms with E-state index in [0.717, 1.165) is 25.3 Å². The van der Waals surface area contributed by atoms with Gasteiger partial charge in [0.2, 0.25) is 0 Å².